The Labute approximate surface area is 112 Å². The van der Waals surface area contributed by atoms with Gasteiger partial charge in [-0.15, -0.1) is 0 Å². The summed E-state index contributed by atoms with van der Waals surface area (Å²) >= 11 is 3.42. The number of Topliss-reactive ketones (excluding diaryl/α,β-unsaturated/α-hetero) is 1. The minimum Gasteiger partial charge on any atom is -0.296 e. The average molecular weight is 298 g/mol. The summed E-state index contributed by atoms with van der Waals surface area (Å²) < 4.78 is 0.878. The summed E-state index contributed by atoms with van der Waals surface area (Å²) in [5.74, 6) is 0.173. The Kier molecular flexibility index (Phi) is 5.86. The highest BCUT2D eigenvalue weighted by molar-refractivity contribution is 9.10. The van der Waals surface area contributed by atoms with Gasteiger partial charge in [0, 0.05) is 16.1 Å². The van der Waals surface area contributed by atoms with E-state index in [0.29, 0.717) is 12.6 Å². The van der Waals surface area contributed by atoms with Crippen LogP contribution >= 0.6 is 15.9 Å². The van der Waals surface area contributed by atoms with Crippen molar-refractivity contribution in [3.05, 3.63) is 34.3 Å². The number of likely N-dealkylation sites (N-methyl/N-ethyl adjacent to an activating group) is 1. The number of carbonyl (C=O) groups is 1. The van der Waals surface area contributed by atoms with Crippen LogP contribution in [0, 0.1) is 0 Å². The molecule has 2 nitrogen and oxygen atoms in total. The Morgan fingerprint density at radius 2 is 1.88 bits per heavy atom. The standard InChI is InChI=1S/C14H20BrNO/c1-4-11(5-2)16(3)10-14(17)12-8-6-7-9-13(12)15/h6-9,11H,4-5,10H2,1-3H3. The quantitative estimate of drug-likeness (QED) is 0.745. The van der Waals surface area contributed by atoms with Crippen molar-refractivity contribution in [2.24, 2.45) is 0 Å². The maximum atomic E-state index is 12.1. The van der Waals surface area contributed by atoms with Crippen LogP contribution in [0.3, 0.4) is 0 Å². The molecule has 1 aromatic rings. The third-order valence-electron chi connectivity index (χ3n) is 3.13. The smallest absolute Gasteiger partial charge is 0.177 e. The third-order valence-corrected chi connectivity index (χ3v) is 3.82. The van der Waals surface area contributed by atoms with E-state index < -0.39 is 0 Å². The zero-order chi connectivity index (χ0) is 12.8. The van der Waals surface area contributed by atoms with Gasteiger partial charge < -0.3 is 0 Å². The van der Waals surface area contributed by atoms with Crippen LogP contribution in [0.25, 0.3) is 0 Å². The second-order valence-electron chi connectivity index (χ2n) is 4.29. The van der Waals surface area contributed by atoms with Gasteiger partial charge in [-0.2, -0.15) is 0 Å². The predicted octanol–water partition coefficient (Wildman–Crippen LogP) is 3.75. The molecule has 0 N–H and O–H groups in total. The van der Waals surface area contributed by atoms with E-state index in [2.05, 4.69) is 34.7 Å². The van der Waals surface area contributed by atoms with Gasteiger partial charge in [-0.25, -0.2) is 0 Å². The molecule has 0 saturated carbocycles. The van der Waals surface area contributed by atoms with Crippen LogP contribution in [0.1, 0.15) is 37.0 Å². The van der Waals surface area contributed by atoms with Gasteiger partial charge in [-0.3, -0.25) is 9.69 Å². The summed E-state index contributed by atoms with van der Waals surface area (Å²) in [5.41, 5.74) is 0.769. The molecule has 0 aromatic heterocycles. The average Bonchev–Trinajstić information content (AvgIpc) is 2.31. The Morgan fingerprint density at radius 3 is 2.41 bits per heavy atom. The Bertz CT molecular complexity index is 374. The van der Waals surface area contributed by atoms with Crippen LogP contribution in [-0.4, -0.2) is 30.3 Å². The van der Waals surface area contributed by atoms with E-state index >= 15 is 0 Å². The first-order valence-corrected chi connectivity index (χ1v) is 6.87. The van der Waals surface area contributed by atoms with Gasteiger partial charge in [-0.05, 0) is 26.0 Å². The van der Waals surface area contributed by atoms with Crippen molar-refractivity contribution in [1.82, 2.24) is 4.90 Å². The molecule has 0 spiro atoms. The first-order chi connectivity index (χ1) is 8.10. The Balaban J connectivity index is 2.70. The lowest BCUT2D eigenvalue weighted by Crippen LogP contribution is -2.35. The normalized spacial score (nSPS) is 11.2. The Morgan fingerprint density at radius 1 is 1.29 bits per heavy atom. The second-order valence-corrected chi connectivity index (χ2v) is 5.14. The molecule has 0 radical (unpaired) electrons. The first-order valence-electron chi connectivity index (χ1n) is 6.08. The molecule has 17 heavy (non-hydrogen) atoms. The van der Waals surface area contributed by atoms with Crippen molar-refractivity contribution >= 4 is 21.7 Å². The second kappa shape index (κ2) is 6.92. The molecule has 1 aromatic carbocycles. The number of hydrogen-bond donors (Lipinski definition) is 0. The fraction of sp³-hybridized carbons (Fsp3) is 0.500. The van der Waals surface area contributed by atoms with Gasteiger partial charge >= 0.3 is 0 Å². The summed E-state index contributed by atoms with van der Waals surface area (Å²) in [6.45, 7) is 4.80. The fourth-order valence-electron chi connectivity index (χ4n) is 2.04. The largest absolute Gasteiger partial charge is 0.296 e. The highest BCUT2D eigenvalue weighted by Gasteiger charge is 2.16. The topological polar surface area (TPSA) is 20.3 Å². The van der Waals surface area contributed by atoms with Crippen molar-refractivity contribution in [2.75, 3.05) is 13.6 Å². The first kappa shape index (κ1) is 14.4. The summed E-state index contributed by atoms with van der Waals surface area (Å²) in [4.78, 5) is 14.3. The number of benzene rings is 1. The minimum atomic E-state index is 0.173. The molecular weight excluding hydrogens is 278 g/mol. The van der Waals surface area contributed by atoms with E-state index in [1.165, 1.54) is 0 Å². The van der Waals surface area contributed by atoms with Crippen molar-refractivity contribution in [2.45, 2.75) is 32.7 Å². The molecule has 0 saturated heterocycles. The molecule has 0 bridgehead atoms. The van der Waals surface area contributed by atoms with E-state index in [4.69, 9.17) is 0 Å². The monoisotopic (exact) mass is 297 g/mol. The molecule has 1 rings (SSSR count). The van der Waals surface area contributed by atoms with Crippen LogP contribution in [0.4, 0.5) is 0 Å². The van der Waals surface area contributed by atoms with Crippen molar-refractivity contribution in [3.8, 4) is 0 Å². The molecule has 0 aliphatic carbocycles. The minimum absolute atomic E-state index is 0.173. The van der Waals surface area contributed by atoms with Gasteiger partial charge in [-0.1, -0.05) is 48.0 Å². The molecule has 0 unspecified atom stereocenters. The number of rotatable bonds is 6. The van der Waals surface area contributed by atoms with Gasteiger partial charge in [0.2, 0.25) is 0 Å². The van der Waals surface area contributed by atoms with Crippen LogP contribution < -0.4 is 0 Å². The van der Waals surface area contributed by atoms with E-state index in [0.717, 1.165) is 22.9 Å². The maximum Gasteiger partial charge on any atom is 0.177 e. The summed E-state index contributed by atoms with van der Waals surface area (Å²) in [7, 11) is 2.02. The number of halogens is 1. The van der Waals surface area contributed by atoms with Gasteiger partial charge in [0.25, 0.3) is 0 Å². The number of ketones is 1. The zero-order valence-corrected chi connectivity index (χ0v) is 12.3. The van der Waals surface area contributed by atoms with E-state index in [1.54, 1.807) is 0 Å². The molecule has 3 heteroatoms. The summed E-state index contributed by atoms with van der Waals surface area (Å²) in [5, 5.41) is 0. The highest BCUT2D eigenvalue weighted by atomic mass is 79.9. The van der Waals surface area contributed by atoms with Crippen LogP contribution in [-0.2, 0) is 0 Å². The molecule has 94 valence electrons. The molecule has 0 atom stereocenters. The molecule has 0 heterocycles. The van der Waals surface area contributed by atoms with E-state index in [-0.39, 0.29) is 5.78 Å². The lowest BCUT2D eigenvalue weighted by Gasteiger charge is -2.25. The number of nitrogens with zero attached hydrogens (tertiary/aromatic N) is 1. The molecule has 0 fully saturated rings. The highest BCUT2D eigenvalue weighted by Crippen LogP contribution is 2.17. The number of carbonyl (C=O) groups excluding carboxylic acids is 1. The summed E-state index contributed by atoms with van der Waals surface area (Å²) in [6, 6.07) is 8.08. The van der Waals surface area contributed by atoms with E-state index in [9.17, 15) is 4.79 Å². The van der Waals surface area contributed by atoms with Crippen molar-refractivity contribution in [3.63, 3.8) is 0 Å². The molecule has 0 amide bonds. The predicted molar refractivity (Wildman–Crippen MR) is 75.5 cm³/mol. The third kappa shape index (κ3) is 3.93. The lowest BCUT2D eigenvalue weighted by atomic mass is 10.1. The van der Waals surface area contributed by atoms with Crippen LogP contribution in [0.2, 0.25) is 0 Å². The Hall–Kier alpha value is -0.670. The SMILES string of the molecule is CCC(CC)N(C)CC(=O)c1ccccc1Br. The van der Waals surface area contributed by atoms with E-state index in [1.807, 2.05) is 31.3 Å². The van der Waals surface area contributed by atoms with Crippen molar-refractivity contribution in [1.29, 1.82) is 0 Å². The molecule has 0 aliphatic heterocycles. The molecule has 0 aliphatic rings. The van der Waals surface area contributed by atoms with Crippen LogP contribution in [0.15, 0.2) is 28.7 Å². The lowest BCUT2D eigenvalue weighted by molar-refractivity contribution is 0.0915. The zero-order valence-electron chi connectivity index (χ0n) is 10.7. The molecular formula is C14H20BrNO. The van der Waals surface area contributed by atoms with Crippen LogP contribution in [0.5, 0.6) is 0 Å². The number of hydrogen-bond acceptors (Lipinski definition) is 2. The maximum absolute atomic E-state index is 12.1. The van der Waals surface area contributed by atoms with Gasteiger partial charge in [0.05, 0.1) is 6.54 Å². The summed E-state index contributed by atoms with van der Waals surface area (Å²) in [6.07, 6.45) is 2.16. The van der Waals surface area contributed by atoms with Gasteiger partial charge in [0.1, 0.15) is 0 Å². The fourth-order valence-corrected chi connectivity index (χ4v) is 2.55. The van der Waals surface area contributed by atoms with Gasteiger partial charge in [0.15, 0.2) is 5.78 Å². The van der Waals surface area contributed by atoms with Crippen molar-refractivity contribution < 1.29 is 4.79 Å².